The third-order valence-electron chi connectivity index (χ3n) is 10.2. The number of carbonyl (C=O) groups is 2. The average molecular weight is 828 g/mol. The van der Waals surface area contributed by atoms with E-state index >= 15 is 0 Å². The molecular formula is C47H46ClN5O7. The molecular weight excluding hydrogens is 782 g/mol. The molecule has 5 N–H and O–H groups in total. The van der Waals surface area contributed by atoms with Crippen LogP contribution in [0.25, 0.3) is 33.2 Å². The van der Waals surface area contributed by atoms with Gasteiger partial charge in [-0.15, -0.1) is 0 Å². The van der Waals surface area contributed by atoms with E-state index in [-0.39, 0.29) is 32.6 Å². The summed E-state index contributed by atoms with van der Waals surface area (Å²) in [6.45, 7) is 6.07. The van der Waals surface area contributed by atoms with E-state index in [0.717, 1.165) is 66.5 Å². The number of nitrogens with one attached hydrogen (secondary N) is 2. The molecule has 0 fully saturated rings. The van der Waals surface area contributed by atoms with Crippen molar-refractivity contribution in [2.45, 2.75) is 65.5 Å². The van der Waals surface area contributed by atoms with Gasteiger partial charge in [0, 0.05) is 72.8 Å². The largest absolute Gasteiger partial charge is 0.488 e. The summed E-state index contributed by atoms with van der Waals surface area (Å²) in [6.07, 6.45) is 4.25. The Labute approximate surface area is 353 Å². The second kappa shape index (κ2) is 20.6. The van der Waals surface area contributed by atoms with Crippen LogP contribution in [0.1, 0.15) is 58.2 Å². The van der Waals surface area contributed by atoms with Gasteiger partial charge >= 0.3 is 11.9 Å². The second-order valence-electron chi connectivity index (χ2n) is 14.5. The van der Waals surface area contributed by atoms with Crippen LogP contribution in [-0.4, -0.2) is 56.4 Å². The Morgan fingerprint density at radius 2 is 1.52 bits per heavy atom. The summed E-state index contributed by atoms with van der Waals surface area (Å²) in [4.78, 5) is 30.8. The zero-order valence-corrected chi connectivity index (χ0v) is 34.1. The fraction of sp³-hybridized carbons (Fsp3) is 0.255. The molecule has 2 heterocycles. The van der Waals surface area contributed by atoms with Crippen molar-refractivity contribution in [3.8, 4) is 39.8 Å². The van der Waals surface area contributed by atoms with E-state index in [9.17, 15) is 20.0 Å². The summed E-state index contributed by atoms with van der Waals surface area (Å²) in [5.74, 6) is -0.922. The Hall–Kier alpha value is -6.36. The monoisotopic (exact) mass is 827 g/mol. The van der Waals surface area contributed by atoms with Crippen molar-refractivity contribution in [2.24, 2.45) is 0 Å². The van der Waals surface area contributed by atoms with Crippen LogP contribution >= 0.6 is 11.6 Å². The number of hydrogen-bond acceptors (Lipinski definition) is 10. The quantitative estimate of drug-likeness (QED) is 0.0466. The molecule has 6 aromatic rings. The Kier molecular flexibility index (Phi) is 14.8. The predicted molar refractivity (Wildman–Crippen MR) is 230 cm³/mol. The topological polar surface area (TPSA) is 187 Å². The number of aliphatic hydroxyl groups is 1. The van der Waals surface area contributed by atoms with E-state index < -0.39 is 18.0 Å². The van der Waals surface area contributed by atoms with Gasteiger partial charge in [0.25, 0.3) is 0 Å². The van der Waals surface area contributed by atoms with Gasteiger partial charge in [0.1, 0.15) is 30.8 Å². The van der Waals surface area contributed by atoms with Crippen molar-refractivity contribution in [1.82, 2.24) is 20.6 Å². The number of aliphatic hydroxyl groups excluding tert-OH is 1. The van der Waals surface area contributed by atoms with Gasteiger partial charge in [-0.25, -0.2) is 0 Å². The van der Waals surface area contributed by atoms with Gasteiger partial charge in [-0.05, 0) is 84.0 Å². The van der Waals surface area contributed by atoms with E-state index in [1.165, 1.54) is 6.20 Å². The number of fused-ring (bicyclic) bond motifs is 1. The summed E-state index contributed by atoms with van der Waals surface area (Å²) in [7, 11) is 0. The highest BCUT2D eigenvalue weighted by Gasteiger charge is 2.17. The molecule has 4 aromatic carbocycles. The van der Waals surface area contributed by atoms with Gasteiger partial charge in [-0.2, -0.15) is 5.26 Å². The predicted octanol–water partition coefficient (Wildman–Crippen LogP) is 8.14. The Bertz CT molecular complexity index is 2540. The van der Waals surface area contributed by atoms with Crippen LogP contribution in [0.4, 0.5) is 0 Å². The zero-order chi connectivity index (χ0) is 42.6. The minimum Gasteiger partial charge on any atom is -0.488 e. The smallest absolute Gasteiger partial charge is 0.306 e. The van der Waals surface area contributed by atoms with Crippen molar-refractivity contribution in [2.75, 3.05) is 13.1 Å². The lowest BCUT2D eigenvalue weighted by Crippen LogP contribution is -2.28. The number of nitrogens with zero attached hydrogens (tertiary/aromatic N) is 3. The first-order valence-corrected chi connectivity index (χ1v) is 19.9. The number of hydrogen-bond donors (Lipinski definition) is 5. The molecule has 13 heteroatoms. The van der Waals surface area contributed by atoms with Gasteiger partial charge in [0.15, 0.2) is 0 Å². The van der Waals surface area contributed by atoms with E-state index in [1.54, 1.807) is 24.4 Å². The molecule has 1 atom stereocenters. The van der Waals surface area contributed by atoms with Crippen LogP contribution in [0, 0.1) is 25.2 Å². The second-order valence-corrected chi connectivity index (χ2v) is 14.9. The van der Waals surface area contributed by atoms with Crippen LogP contribution in [0.5, 0.6) is 11.5 Å². The van der Waals surface area contributed by atoms with E-state index in [0.29, 0.717) is 48.1 Å². The normalized spacial score (nSPS) is 11.6. The molecule has 0 amide bonds. The van der Waals surface area contributed by atoms with Gasteiger partial charge in [-0.3, -0.25) is 19.6 Å². The van der Waals surface area contributed by atoms with Crippen molar-refractivity contribution >= 4 is 34.4 Å². The number of para-hydroxylation sites is 1. The van der Waals surface area contributed by atoms with Crippen molar-refractivity contribution < 1.29 is 34.4 Å². The molecule has 0 saturated carbocycles. The van der Waals surface area contributed by atoms with Gasteiger partial charge < -0.3 is 35.4 Å². The molecule has 60 heavy (non-hydrogen) atoms. The van der Waals surface area contributed by atoms with Gasteiger partial charge in [-0.1, -0.05) is 66.2 Å². The molecule has 0 bridgehead atoms. The molecule has 6 rings (SSSR count). The minimum atomic E-state index is -1.04. The lowest BCUT2D eigenvalue weighted by molar-refractivity contribution is -0.139. The maximum Gasteiger partial charge on any atom is 0.306 e. The maximum absolute atomic E-state index is 11.0. The number of carboxylic acid groups (broad SMARTS) is 2. The zero-order valence-electron chi connectivity index (χ0n) is 33.4. The lowest BCUT2D eigenvalue weighted by atomic mass is 9.89. The van der Waals surface area contributed by atoms with Crippen LogP contribution in [-0.2, 0) is 35.9 Å². The van der Waals surface area contributed by atoms with Crippen LogP contribution in [0.3, 0.4) is 0 Å². The number of benzene rings is 4. The molecule has 2 aromatic heterocycles. The number of aliphatic carboxylic acids is 2. The molecule has 0 saturated heterocycles. The number of nitriles is 1. The fourth-order valence-electron chi connectivity index (χ4n) is 7.02. The summed E-state index contributed by atoms with van der Waals surface area (Å²) in [5.41, 5.74) is 11.0. The van der Waals surface area contributed by atoms with Crippen molar-refractivity contribution in [1.29, 1.82) is 5.26 Å². The summed E-state index contributed by atoms with van der Waals surface area (Å²) >= 11 is 6.80. The third kappa shape index (κ3) is 11.2. The number of carboxylic acids is 2. The number of ether oxygens (including phenoxy) is 2. The van der Waals surface area contributed by atoms with Crippen LogP contribution in [0.2, 0.25) is 5.02 Å². The molecule has 308 valence electrons. The molecule has 0 spiro atoms. The molecule has 0 aliphatic rings. The van der Waals surface area contributed by atoms with Crippen molar-refractivity contribution in [3.05, 3.63) is 141 Å². The van der Waals surface area contributed by atoms with E-state index in [4.69, 9.17) is 36.3 Å². The summed E-state index contributed by atoms with van der Waals surface area (Å²) in [6, 6.07) is 27.8. The van der Waals surface area contributed by atoms with Gasteiger partial charge in [0.2, 0.25) is 0 Å². The highest BCUT2D eigenvalue weighted by atomic mass is 35.5. The Morgan fingerprint density at radius 3 is 2.30 bits per heavy atom. The first kappa shape index (κ1) is 43.2. The minimum absolute atomic E-state index is 0.0639. The number of pyridine rings is 2. The summed E-state index contributed by atoms with van der Waals surface area (Å²) in [5, 5.41) is 45.0. The number of rotatable bonds is 20. The first-order chi connectivity index (χ1) is 29.0. The highest BCUT2D eigenvalue weighted by molar-refractivity contribution is 6.32. The molecule has 0 aliphatic heterocycles. The van der Waals surface area contributed by atoms with E-state index in [2.05, 4.69) is 59.8 Å². The first-order valence-electron chi connectivity index (χ1n) is 19.5. The SMILES string of the molecule is Cc1c(COc2cc(OCc3cncc(C#N)c3)c(CNCCCC(=O)O)cc2Cl)cccc1-c1cccc(-c2cnc3c(CNC[C@@H](O)CC(=O)O)cccc3c2)c1C. The highest BCUT2D eigenvalue weighted by Crippen LogP contribution is 2.37. The van der Waals surface area contributed by atoms with E-state index in [1.807, 2.05) is 42.6 Å². The summed E-state index contributed by atoms with van der Waals surface area (Å²) < 4.78 is 12.6. The number of aromatic nitrogens is 2. The maximum atomic E-state index is 11.0. The molecule has 0 aliphatic carbocycles. The van der Waals surface area contributed by atoms with Crippen LogP contribution < -0.4 is 20.1 Å². The molecule has 12 nitrogen and oxygen atoms in total. The standard InChI is InChI=1S/C47H46ClN5O7/c1-29-35(28-60-44-19-43(59-27-32-15-31(20-49)21-51-22-32)37(17-42(44)48)24-50-14-6-13-45(55)56)9-4-11-40(29)41-12-5-10-39(30(41)2)36-16-33-7-3-8-34(47(33)53-25-36)23-52-26-38(54)18-46(57)58/h3-5,7-12,15-17,19,21-22,25,38,50,52,54H,6,13-14,18,23-24,26-28H2,1-2H3,(H,55,56)(H,57,58)/t38-/m0/s1. The average Bonchev–Trinajstić information content (AvgIpc) is 3.23. The fourth-order valence-corrected chi connectivity index (χ4v) is 7.26. The number of halogens is 1. The Balaban J connectivity index is 1.20. The van der Waals surface area contributed by atoms with Gasteiger partial charge in [0.05, 0.1) is 28.6 Å². The third-order valence-corrected chi connectivity index (χ3v) is 10.5. The van der Waals surface area contributed by atoms with Crippen molar-refractivity contribution in [3.63, 3.8) is 0 Å². The molecule has 0 radical (unpaired) electrons. The Morgan fingerprint density at radius 1 is 0.800 bits per heavy atom. The molecule has 0 unspecified atom stereocenters. The van der Waals surface area contributed by atoms with Crippen LogP contribution in [0.15, 0.2) is 97.5 Å². The lowest BCUT2D eigenvalue weighted by Gasteiger charge is -2.18.